The zero-order chi connectivity index (χ0) is 18.9. The topological polar surface area (TPSA) is 55.4 Å². The average molecular weight is 418 g/mol. The lowest BCUT2D eigenvalue weighted by atomic mass is 9.90. The molecule has 0 amide bonds. The Bertz CT molecular complexity index is 674. The lowest BCUT2D eigenvalue weighted by Crippen LogP contribution is -2.30. The SMILES string of the molecule is CCCCCCN1CC2C(C1)C2(C)c1cc(CNS(=O)[O-])c(Cl)cc1Cl. The summed E-state index contributed by atoms with van der Waals surface area (Å²) >= 11 is 10.5. The molecule has 2 aliphatic rings. The molecule has 3 unspecified atom stereocenters. The second-order valence-electron chi connectivity index (χ2n) is 7.80. The third-order valence-corrected chi connectivity index (χ3v) is 7.30. The minimum absolute atomic E-state index is 0.0763. The average Bonchev–Trinajstić information content (AvgIpc) is 2.95. The Kier molecular flexibility index (Phi) is 6.69. The van der Waals surface area contributed by atoms with Gasteiger partial charge < -0.3 is 9.45 Å². The van der Waals surface area contributed by atoms with Gasteiger partial charge in [0.15, 0.2) is 0 Å². The van der Waals surface area contributed by atoms with Crippen LogP contribution >= 0.6 is 23.2 Å². The van der Waals surface area contributed by atoms with Gasteiger partial charge in [0.25, 0.3) is 0 Å². The monoisotopic (exact) mass is 417 g/mol. The molecule has 1 aliphatic carbocycles. The first-order valence-corrected chi connectivity index (χ1v) is 11.2. The number of piperidine rings is 1. The van der Waals surface area contributed by atoms with Crippen LogP contribution in [0.1, 0.15) is 50.7 Å². The van der Waals surface area contributed by atoms with Crippen molar-refractivity contribution >= 4 is 34.5 Å². The van der Waals surface area contributed by atoms with E-state index < -0.39 is 11.3 Å². The number of halogens is 2. The van der Waals surface area contributed by atoms with Crippen molar-refractivity contribution in [2.45, 2.75) is 51.5 Å². The smallest absolute Gasteiger partial charge is 0.0466 e. The molecule has 1 aromatic rings. The largest absolute Gasteiger partial charge is 0.760 e. The van der Waals surface area contributed by atoms with Gasteiger partial charge in [-0.3, -0.25) is 4.21 Å². The summed E-state index contributed by atoms with van der Waals surface area (Å²) < 4.78 is 24.0. The summed E-state index contributed by atoms with van der Waals surface area (Å²) in [6.45, 7) is 8.17. The van der Waals surface area contributed by atoms with E-state index in [1.807, 2.05) is 6.07 Å². The zero-order valence-corrected chi connectivity index (χ0v) is 17.7. The molecular formula is C19H27Cl2N2O2S-. The predicted octanol–water partition coefficient (Wildman–Crippen LogP) is 4.28. The maximum Gasteiger partial charge on any atom is 0.0466 e. The predicted molar refractivity (Wildman–Crippen MR) is 107 cm³/mol. The van der Waals surface area contributed by atoms with E-state index in [0.29, 0.717) is 21.9 Å². The van der Waals surface area contributed by atoms with Crippen LogP contribution in [-0.4, -0.2) is 33.3 Å². The quantitative estimate of drug-likeness (QED) is 0.481. The van der Waals surface area contributed by atoms with E-state index in [1.54, 1.807) is 6.07 Å². The standard InChI is InChI=1S/C19H28Cl2N2O2S/c1-3-4-5-6-7-23-11-15-16(12-23)19(15,2)14-8-13(10-22-26(24)25)17(20)9-18(14)21/h8-9,15-16,22H,3-7,10-12H2,1-2H3,(H,24,25)/p-1. The molecule has 3 rings (SSSR count). The number of unbranched alkanes of at least 4 members (excludes halogenated alkanes) is 3. The third kappa shape index (κ3) is 4.13. The fourth-order valence-corrected chi connectivity index (χ4v) is 5.51. The van der Waals surface area contributed by atoms with Gasteiger partial charge in [-0.05, 0) is 42.0 Å². The fraction of sp³-hybridized carbons (Fsp3) is 0.684. The molecule has 26 heavy (non-hydrogen) atoms. The first-order valence-electron chi connectivity index (χ1n) is 9.41. The van der Waals surface area contributed by atoms with Gasteiger partial charge in [-0.25, -0.2) is 4.72 Å². The van der Waals surface area contributed by atoms with E-state index in [2.05, 4.69) is 23.5 Å². The second-order valence-corrected chi connectivity index (χ2v) is 9.37. The summed E-state index contributed by atoms with van der Waals surface area (Å²) in [6, 6.07) is 3.75. The van der Waals surface area contributed by atoms with E-state index in [0.717, 1.165) is 24.2 Å². The highest BCUT2D eigenvalue weighted by atomic mass is 35.5. The van der Waals surface area contributed by atoms with Crippen LogP contribution in [0.15, 0.2) is 12.1 Å². The van der Waals surface area contributed by atoms with Gasteiger partial charge in [0, 0.05) is 46.4 Å². The minimum atomic E-state index is -2.30. The molecule has 1 saturated heterocycles. The molecule has 0 aromatic heterocycles. The molecule has 4 nitrogen and oxygen atoms in total. The molecule has 1 aliphatic heterocycles. The first-order chi connectivity index (χ1) is 12.4. The molecule has 0 spiro atoms. The molecule has 1 heterocycles. The van der Waals surface area contributed by atoms with E-state index in [-0.39, 0.29) is 12.0 Å². The summed E-state index contributed by atoms with van der Waals surface area (Å²) in [7, 11) is 0. The Labute approximate surface area is 169 Å². The highest BCUT2D eigenvalue weighted by molar-refractivity contribution is 7.77. The number of hydrogen-bond acceptors (Lipinski definition) is 3. The lowest BCUT2D eigenvalue weighted by Gasteiger charge is -2.25. The van der Waals surface area contributed by atoms with Crippen molar-refractivity contribution in [3.8, 4) is 0 Å². The van der Waals surface area contributed by atoms with E-state index >= 15 is 0 Å². The Morgan fingerprint density at radius 3 is 2.54 bits per heavy atom. The number of likely N-dealkylation sites (tertiary alicyclic amines) is 1. The van der Waals surface area contributed by atoms with E-state index in [9.17, 15) is 8.76 Å². The second kappa shape index (κ2) is 8.46. The molecule has 0 radical (unpaired) electrons. The van der Waals surface area contributed by atoms with Gasteiger partial charge in [-0.1, -0.05) is 62.4 Å². The van der Waals surface area contributed by atoms with Gasteiger partial charge in [0.1, 0.15) is 0 Å². The maximum absolute atomic E-state index is 10.8. The highest BCUT2D eigenvalue weighted by Crippen LogP contribution is 2.64. The zero-order valence-electron chi connectivity index (χ0n) is 15.4. The molecule has 146 valence electrons. The van der Waals surface area contributed by atoms with Crippen LogP contribution in [0.3, 0.4) is 0 Å². The lowest BCUT2D eigenvalue weighted by molar-refractivity contribution is 0.271. The fourth-order valence-electron chi connectivity index (χ4n) is 4.59. The van der Waals surface area contributed by atoms with Gasteiger partial charge >= 0.3 is 0 Å². The Balaban J connectivity index is 1.65. The van der Waals surface area contributed by atoms with Gasteiger partial charge in [-0.2, -0.15) is 0 Å². The molecule has 1 N–H and O–H groups in total. The Morgan fingerprint density at radius 1 is 1.23 bits per heavy atom. The van der Waals surface area contributed by atoms with Crippen molar-refractivity contribution in [3.05, 3.63) is 33.3 Å². The van der Waals surface area contributed by atoms with Crippen molar-refractivity contribution in [1.82, 2.24) is 9.62 Å². The number of hydrogen-bond donors (Lipinski definition) is 1. The molecule has 2 fully saturated rings. The van der Waals surface area contributed by atoms with Crippen molar-refractivity contribution in [2.75, 3.05) is 19.6 Å². The van der Waals surface area contributed by atoms with Crippen LogP contribution < -0.4 is 4.72 Å². The van der Waals surface area contributed by atoms with E-state index in [1.165, 1.54) is 32.2 Å². The van der Waals surface area contributed by atoms with Crippen LogP contribution in [0.4, 0.5) is 0 Å². The van der Waals surface area contributed by atoms with Crippen LogP contribution in [0.25, 0.3) is 0 Å². The number of nitrogens with zero attached hydrogens (tertiary/aromatic N) is 1. The maximum atomic E-state index is 10.8. The molecule has 1 aromatic carbocycles. The summed E-state index contributed by atoms with van der Waals surface area (Å²) in [5.74, 6) is 1.25. The molecule has 3 atom stereocenters. The van der Waals surface area contributed by atoms with Crippen LogP contribution in [0.5, 0.6) is 0 Å². The molecule has 1 saturated carbocycles. The summed E-state index contributed by atoms with van der Waals surface area (Å²) in [6.07, 6.45) is 5.20. The van der Waals surface area contributed by atoms with Crippen LogP contribution in [0, 0.1) is 11.8 Å². The summed E-state index contributed by atoms with van der Waals surface area (Å²) in [5, 5.41) is 1.19. The van der Waals surface area contributed by atoms with E-state index in [4.69, 9.17) is 23.2 Å². The Morgan fingerprint density at radius 2 is 1.92 bits per heavy atom. The number of benzene rings is 1. The van der Waals surface area contributed by atoms with Crippen molar-refractivity contribution in [1.29, 1.82) is 0 Å². The van der Waals surface area contributed by atoms with Crippen LogP contribution in [-0.2, 0) is 23.2 Å². The van der Waals surface area contributed by atoms with Gasteiger partial charge in [0.05, 0.1) is 0 Å². The number of rotatable bonds is 9. The first kappa shape index (κ1) is 20.6. The molecule has 0 bridgehead atoms. The van der Waals surface area contributed by atoms with Gasteiger partial charge in [-0.15, -0.1) is 0 Å². The Hall–Kier alpha value is -0.170. The minimum Gasteiger partial charge on any atom is -0.760 e. The number of fused-ring (bicyclic) bond motifs is 1. The van der Waals surface area contributed by atoms with Crippen molar-refractivity contribution in [2.24, 2.45) is 11.8 Å². The highest BCUT2D eigenvalue weighted by Gasteiger charge is 2.66. The van der Waals surface area contributed by atoms with Crippen LogP contribution in [0.2, 0.25) is 10.0 Å². The van der Waals surface area contributed by atoms with Crippen molar-refractivity contribution < 1.29 is 8.76 Å². The van der Waals surface area contributed by atoms with Crippen molar-refractivity contribution in [3.63, 3.8) is 0 Å². The normalized spacial score (nSPS) is 29.0. The van der Waals surface area contributed by atoms with Gasteiger partial charge in [0.2, 0.25) is 0 Å². The summed E-state index contributed by atoms with van der Waals surface area (Å²) in [5.41, 5.74) is 1.96. The number of nitrogens with one attached hydrogen (secondary N) is 1. The molecule has 7 heteroatoms. The molecular weight excluding hydrogens is 391 g/mol. The summed E-state index contributed by atoms with van der Waals surface area (Å²) in [4.78, 5) is 2.58. The third-order valence-electron chi connectivity index (χ3n) is 6.25.